The highest BCUT2D eigenvalue weighted by Gasteiger charge is 2.25. The van der Waals surface area contributed by atoms with Crippen LogP contribution in [0.1, 0.15) is 9.67 Å². The van der Waals surface area contributed by atoms with Crippen molar-refractivity contribution < 1.29 is 14.3 Å². The monoisotopic (exact) mass is 287 g/mol. The van der Waals surface area contributed by atoms with Gasteiger partial charge >= 0.3 is 5.97 Å². The maximum absolute atomic E-state index is 11.4. The van der Waals surface area contributed by atoms with Crippen LogP contribution in [0.15, 0.2) is 0 Å². The molecule has 1 aliphatic heterocycles. The molecule has 1 atom stereocenters. The van der Waals surface area contributed by atoms with Crippen LogP contribution in [0, 0.1) is 11.3 Å². The van der Waals surface area contributed by atoms with Gasteiger partial charge in [-0.15, -0.1) is 0 Å². The first-order valence-electron chi connectivity index (χ1n) is 5.16. The maximum Gasteiger partial charge on any atom is 0.351 e. The van der Waals surface area contributed by atoms with Crippen molar-refractivity contribution in [3.05, 3.63) is 10.0 Å². The summed E-state index contributed by atoms with van der Waals surface area (Å²) in [6, 6.07) is 2.05. The number of carbonyl (C=O) groups is 1. The number of halogens is 1. The van der Waals surface area contributed by atoms with E-state index in [0.29, 0.717) is 24.8 Å². The maximum atomic E-state index is 11.4. The molecule has 0 saturated carbocycles. The third-order valence-electron chi connectivity index (χ3n) is 2.43. The lowest BCUT2D eigenvalue weighted by atomic mass is 10.3. The summed E-state index contributed by atoms with van der Waals surface area (Å²) < 4.78 is 9.85. The van der Waals surface area contributed by atoms with Crippen molar-refractivity contribution in [2.75, 3.05) is 31.7 Å². The molecule has 96 valence electrons. The van der Waals surface area contributed by atoms with E-state index in [1.54, 1.807) is 0 Å². The Morgan fingerprint density at radius 2 is 2.56 bits per heavy atom. The molecule has 0 amide bonds. The second kappa shape index (κ2) is 5.52. The molecule has 0 spiro atoms. The molecule has 6 nitrogen and oxygen atoms in total. The van der Waals surface area contributed by atoms with Crippen LogP contribution in [0.2, 0.25) is 5.15 Å². The molecule has 1 aliphatic rings. The lowest BCUT2D eigenvalue weighted by Gasteiger charge is -2.29. The van der Waals surface area contributed by atoms with E-state index in [4.69, 9.17) is 21.6 Å². The van der Waals surface area contributed by atoms with Crippen LogP contribution >= 0.6 is 22.9 Å². The van der Waals surface area contributed by atoms with Crippen LogP contribution in [0.3, 0.4) is 0 Å². The van der Waals surface area contributed by atoms with Gasteiger partial charge in [0.05, 0.1) is 26.3 Å². The molecule has 1 saturated heterocycles. The zero-order chi connectivity index (χ0) is 13.1. The van der Waals surface area contributed by atoms with E-state index in [0.717, 1.165) is 11.3 Å². The minimum absolute atomic E-state index is 0.127. The van der Waals surface area contributed by atoms with Crippen molar-refractivity contribution in [2.24, 2.45) is 0 Å². The Bertz CT molecular complexity index is 499. The van der Waals surface area contributed by atoms with Crippen LogP contribution in [0.5, 0.6) is 0 Å². The number of thiazole rings is 1. The van der Waals surface area contributed by atoms with Crippen LogP contribution in [-0.2, 0) is 9.47 Å². The van der Waals surface area contributed by atoms with Crippen LogP contribution in [0.25, 0.3) is 0 Å². The number of methoxy groups -OCH3 is 1. The molecular weight excluding hydrogens is 278 g/mol. The highest BCUT2D eigenvalue weighted by molar-refractivity contribution is 7.18. The third kappa shape index (κ3) is 2.56. The van der Waals surface area contributed by atoms with Gasteiger partial charge in [0, 0.05) is 6.54 Å². The van der Waals surface area contributed by atoms with Gasteiger partial charge in [-0.1, -0.05) is 22.9 Å². The van der Waals surface area contributed by atoms with Gasteiger partial charge in [0.25, 0.3) is 0 Å². The average Bonchev–Trinajstić information content (AvgIpc) is 2.80. The fourth-order valence-corrected chi connectivity index (χ4v) is 2.78. The fourth-order valence-electron chi connectivity index (χ4n) is 1.55. The van der Waals surface area contributed by atoms with Gasteiger partial charge in [-0.05, 0) is 0 Å². The van der Waals surface area contributed by atoms with E-state index < -0.39 is 12.1 Å². The standard InChI is InChI=1S/C10H10ClN3O3S/c1-16-9(15)7-8(11)13-10(18-7)14-2-3-17-6(4-12)5-14/h6H,2-3,5H2,1H3. The second-order valence-electron chi connectivity index (χ2n) is 3.54. The van der Waals surface area contributed by atoms with Crippen molar-refractivity contribution in [3.8, 4) is 6.07 Å². The molecule has 2 rings (SSSR count). The lowest BCUT2D eigenvalue weighted by Crippen LogP contribution is -2.41. The van der Waals surface area contributed by atoms with Crippen molar-refractivity contribution >= 4 is 34.0 Å². The van der Waals surface area contributed by atoms with Gasteiger partial charge in [-0.25, -0.2) is 9.78 Å². The fraction of sp³-hybridized carbons (Fsp3) is 0.500. The van der Waals surface area contributed by atoms with Crippen molar-refractivity contribution in [1.29, 1.82) is 5.26 Å². The first-order chi connectivity index (χ1) is 8.65. The Labute approximate surface area is 113 Å². The number of hydrogen-bond donors (Lipinski definition) is 0. The van der Waals surface area contributed by atoms with Crippen LogP contribution in [-0.4, -0.2) is 43.9 Å². The van der Waals surface area contributed by atoms with Gasteiger partial charge in [0.2, 0.25) is 0 Å². The molecule has 1 unspecified atom stereocenters. The van der Waals surface area contributed by atoms with Gasteiger partial charge in [0.1, 0.15) is 0 Å². The highest BCUT2D eigenvalue weighted by Crippen LogP contribution is 2.31. The van der Waals surface area contributed by atoms with Gasteiger partial charge in [-0.2, -0.15) is 5.26 Å². The number of rotatable bonds is 2. The number of nitriles is 1. The number of esters is 1. The van der Waals surface area contributed by atoms with Crippen molar-refractivity contribution in [2.45, 2.75) is 6.10 Å². The summed E-state index contributed by atoms with van der Waals surface area (Å²) in [5, 5.41) is 9.55. The summed E-state index contributed by atoms with van der Waals surface area (Å²) in [6.45, 7) is 1.48. The molecule has 0 N–H and O–H groups in total. The van der Waals surface area contributed by atoms with Crippen molar-refractivity contribution in [1.82, 2.24) is 4.98 Å². The van der Waals surface area contributed by atoms with E-state index >= 15 is 0 Å². The summed E-state index contributed by atoms with van der Waals surface area (Å²) in [7, 11) is 1.29. The van der Waals surface area contributed by atoms with Gasteiger partial charge < -0.3 is 14.4 Å². The molecule has 0 radical (unpaired) electrons. The average molecular weight is 288 g/mol. The molecule has 0 bridgehead atoms. The van der Waals surface area contributed by atoms with Gasteiger partial charge in [-0.3, -0.25) is 0 Å². The molecule has 0 aromatic carbocycles. The normalized spacial score (nSPS) is 19.4. The Kier molecular flexibility index (Phi) is 4.01. The summed E-state index contributed by atoms with van der Waals surface area (Å²) >= 11 is 7.04. The largest absolute Gasteiger partial charge is 0.465 e. The Hall–Kier alpha value is -1.36. The number of nitrogens with zero attached hydrogens (tertiary/aromatic N) is 3. The topological polar surface area (TPSA) is 75.4 Å². The predicted octanol–water partition coefficient (Wildman–Crippen LogP) is 1.31. The van der Waals surface area contributed by atoms with E-state index in [9.17, 15) is 4.79 Å². The van der Waals surface area contributed by atoms with E-state index in [-0.39, 0.29) is 10.0 Å². The molecule has 18 heavy (non-hydrogen) atoms. The Balaban J connectivity index is 2.19. The molecule has 1 fully saturated rings. The molecule has 0 aliphatic carbocycles. The Morgan fingerprint density at radius 3 is 3.22 bits per heavy atom. The third-order valence-corrected chi connectivity index (χ3v) is 3.91. The molecule has 8 heteroatoms. The first-order valence-corrected chi connectivity index (χ1v) is 6.36. The molecule has 1 aromatic heterocycles. The summed E-state index contributed by atoms with van der Waals surface area (Å²) in [5.41, 5.74) is 0. The number of hydrogen-bond acceptors (Lipinski definition) is 7. The van der Waals surface area contributed by atoms with Crippen LogP contribution in [0.4, 0.5) is 5.13 Å². The molecule has 2 heterocycles. The van der Waals surface area contributed by atoms with Crippen molar-refractivity contribution in [3.63, 3.8) is 0 Å². The number of carbonyl (C=O) groups excluding carboxylic acids is 1. The molecule has 1 aromatic rings. The smallest absolute Gasteiger partial charge is 0.351 e. The number of anilines is 1. The quantitative estimate of drug-likeness (QED) is 0.764. The zero-order valence-corrected chi connectivity index (χ0v) is 11.1. The number of morpholine rings is 1. The number of aromatic nitrogens is 1. The Morgan fingerprint density at radius 1 is 1.78 bits per heavy atom. The minimum Gasteiger partial charge on any atom is -0.465 e. The predicted molar refractivity (Wildman–Crippen MR) is 66.0 cm³/mol. The first kappa shape index (κ1) is 13.1. The summed E-state index contributed by atoms with van der Waals surface area (Å²) in [6.07, 6.45) is -0.483. The zero-order valence-electron chi connectivity index (χ0n) is 9.55. The van der Waals surface area contributed by atoms with Gasteiger partial charge in [0.15, 0.2) is 21.3 Å². The molecular formula is C10H10ClN3O3S. The SMILES string of the molecule is COC(=O)c1sc(N2CCOC(C#N)C2)nc1Cl. The minimum atomic E-state index is -0.506. The second-order valence-corrected chi connectivity index (χ2v) is 4.88. The summed E-state index contributed by atoms with van der Waals surface area (Å²) in [5.74, 6) is -0.506. The highest BCUT2D eigenvalue weighted by atomic mass is 35.5. The van der Waals surface area contributed by atoms with E-state index in [2.05, 4.69) is 9.72 Å². The number of ether oxygens (including phenoxy) is 2. The van der Waals surface area contributed by atoms with Crippen LogP contribution < -0.4 is 4.90 Å². The lowest BCUT2D eigenvalue weighted by molar-refractivity contribution is 0.0606. The van der Waals surface area contributed by atoms with E-state index in [1.807, 2.05) is 11.0 Å². The van der Waals surface area contributed by atoms with E-state index in [1.165, 1.54) is 7.11 Å². The summed E-state index contributed by atoms with van der Waals surface area (Å²) in [4.78, 5) is 17.7.